The van der Waals surface area contributed by atoms with Crippen LogP contribution in [0.25, 0.3) is 11.0 Å². The summed E-state index contributed by atoms with van der Waals surface area (Å²) < 4.78 is 20.8. The topological polar surface area (TPSA) is 131 Å². The van der Waals surface area contributed by atoms with E-state index in [2.05, 4.69) is 25.6 Å². The minimum atomic E-state index is -1.27. The van der Waals surface area contributed by atoms with Crippen molar-refractivity contribution in [2.24, 2.45) is 13.0 Å². The Balaban J connectivity index is 1.53. The van der Waals surface area contributed by atoms with Crippen LogP contribution in [0.15, 0.2) is 29.1 Å². The fourth-order valence-electron chi connectivity index (χ4n) is 4.12. The highest BCUT2D eigenvalue weighted by molar-refractivity contribution is 7.92. The van der Waals surface area contributed by atoms with Crippen LogP contribution in [-0.4, -0.2) is 64.8 Å². The summed E-state index contributed by atoms with van der Waals surface area (Å²) in [4.78, 5) is 31.8. The number of hydrogen-bond acceptors (Lipinski definition) is 8. The van der Waals surface area contributed by atoms with E-state index in [1.54, 1.807) is 37.8 Å². The summed E-state index contributed by atoms with van der Waals surface area (Å²) in [5.74, 6) is 0.303. The third-order valence-electron chi connectivity index (χ3n) is 6.53. The Kier molecular flexibility index (Phi) is 6.11. The molecule has 3 aromatic rings. The molecule has 12 heteroatoms. The number of aromatic amines is 1. The number of benzene rings is 1. The van der Waals surface area contributed by atoms with E-state index in [0.29, 0.717) is 33.9 Å². The molecular weight excluding hydrogens is 470 g/mol. The Hall–Kier alpha value is -3.22. The van der Waals surface area contributed by atoms with Gasteiger partial charge in [0.1, 0.15) is 23.1 Å². The Morgan fingerprint density at radius 2 is 2.03 bits per heavy atom. The lowest BCUT2D eigenvalue weighted by atomic mass is 10.1. The number of nitrogens with one attached hydrogen (secondary N) is 3. The molecule has 186 valence electrons. The molecule has 5 rings (SSSR count). The molecule has 1 aliphatic carbocycles. The summed E-state index contributed by atoms with van der Waals surface area (Å²) in [6, 6.07) is 7.52. The van der Waals surface area contributed by atoms with E-state index in [4.69, 9.17) is 4.74 Å². The van der Waals surface area contributed by atoms with Gasteiger partial charge in [-0.2, -0.15) is 4.31 Å². The highest BCUT2D eigenvalue weighted by Crippen LogP contribution is 2.37. The Morgan fingerprint density at radius 3 is 2.69 bits per heavy atom. The number of aromatic nitrogens is 3. The van der Waals surface area contributed by atoms with Gasteiger partial charge in [-0.15, -0.1) is 0 Å². The lowest BCUT2D eigenvalue weighted by molar-refractivity contribution is -0.117. The number of amides is 1. The molecule has 1 aliphatic heterocycles. The van der Waals surface area contributed by atoms with Crippen LogP contribution in [-0.2, 0) is 27.9 Å². The van der Waals surface area contributed by atoms with Crippen LogP contribution in [0.3, 0.4) is 0 Å². The molecule has 3 heterocycles. The number of ether oxygens (including phenoxy) is 1. The summed E-state index contributed by atoms with van der Waals surface area (Å²) in [7, 11) is 5.08. The molecule has 2 fully saturated rings. The quantitative estimate of drug-likeness (QED) is 0.401. The zero-order chi connectivity index (χ0) is 24.9. The van der Waals surface area contributed by atoms with Gasteiger partial charge in [0.05, 0.1) is 35.9 Å². The first-order chi connectivity index (χ1) is 16.7. The van der Waals surface area contributed by atoms with Crippen molar-refractivity contribution in [3.05, 3.63) is 34.6 Å². The SMILES string of the molecule is COC1CN(c2ccc(Nc3cc(NC(=O)C4CC4)nc4[nH]n(C)c(=O)c34)c(N(C)[S+](C)[O-])c2)C1. The monoisotopic (exact) mass is 499 g/mol. The van der Waals surface area contributed by atoms with E-state index in [1.807, 2.05) is 18.2 Å². The molecule has 2 aromatic heterocycles. The van der Waals surface area contributed by atoms with E-state index in [0.717, 1.165) is 31.6 Å². The number of hydrogen-bond donors (Lipinski definition) is 3. The molecule has 1 saturated carbocycles. The third-order valence-corrected chi connectivity index (χ3v) is 7.50. The Labute approximate surface area is 205 Å². The van der Waals surface area contributed by atoms with Gasteiger partial charge in [-0.05, 0) is 31.0 Å². The van der Waals surface area contributed by atoms with Crippen LogP contribution in [0, 0.1) is 5.92 Å². The minimum absolute atomic E-state index is 0.0188. The molecule has 35 heavy (non-hydrogen) atoms. The molecule has 11 nitrogen and oxygen atoms in total. The van der Waals surface area contributed by atoms with E-state index < -0.39 is 11.4 Å². The normalized spacial score (nSPS) is 16.8. The summed E-state index contributed by atoms with van der Waals surface area (Å²) in [6.07, 6.45) is 3.56. The molecule has 1 aromatic carbocycles. The maximum absolute atomic E-state index is 12.9. The van der Waals surface area contributed by atoms with Crippen LogP contribution in [0.2, 0.25) is 0 Å². The van der Waals surface area contributed by atoms with Gasteiger partial charge in [-0.3, -0.25) is 19.4 Å². The summed E-state index contributed by atoms with van der Waals surface area (Å²) in [5.41, 5.74) is 2.99. The van der Waals surface area contributed by atoms with Crippen molar-refractivity contribution in [3.63, 3.8) is 0 Å². The Morgan fingerprint density at radius 1 is 1.29 bits per heavy atom. The number of carbonyl (C=O) groups excluding carboxylic acids is 1. The predicted molar refractivity (Wildman–Crippen MR) is 138 cm³/mol. The first-order valence-electron chi connectivity index (χ1n) is 11.4. The highest BCUT2D eigenvalue weighted by atomic mass is 32.2. The van der Waals surface area contributed by atoms with E-state index >= 15 is 0 Å². The fourth-order valence-corrected chi connectivity index (χ4v) is 4.55. The standard InChI is InChI=1S/C23H29N7O4S/c1-28-23(32)20-17(10-19(25-21(20)27-28)26-22(31)13-5-6-13)24-16-8-7-14(30-11-15(12-30)34-3)9-18(16)29(2)35(4)33/h7-10,13,15H,5-6,11-12H2,1-4H3,(H3,24,25,26,27,31). The molecule has 1 amide bonds. The summed E-state index contributed by atoms with van der Waals surface area (Å²) >= 11 is -1.27. The van der Waals surface area contributed by atoms with Crippen molar-refractivity contribution in [2.75, 3.05) is 53.3 Å². The molecule has 1 unspecified atom stereocenters. The van der Waals surface area contributed by atoms with Gasteiger partial charge < -0.3 is 24.8 Å². The molecule has 0 radical (unpaired) electrons. The lowest BCUT2D eigenvalue weighted by Crippen LogP contribution is -2.51. The minimum Gasteiger partial charge on any atom is -0.593 e. The number of H-pyrrole nitrogens is 1. The average molecular weight is 500 g/mol. The summed E-state index contributed by atoms with van der Waals surface area (Å²) in [5, 5.41) is 9.51. The van der Waals surface area contributed by atoms with Gasteiger partial charge >= 0.3 is 0 Å². The van der Waals surface area contributed by atoms with E-state index in [9.17, 15) is 14.1 Å². The second kappa shape index (κ2) is 9.10. The van der Waals surface area contributed by atoms with Crippen LogP contribution >= 0.6 is 0 Å². The van der Waals surface area contributed by atoms with Crippen molar-refractivity contribution < 1.29 is 14.1 Å². The van der Waals surface area contributed by atoms with E-state index in [1.165, 1.54) is 4.68 Å². The molecule has 0 bridgehead atoms. The molecule has 0 spiro atoms. The van der Waals surface area contributed by atoms with Crippen LogP contribution in [0.5, 0.6) is 0 Å². The van der Waals surface area contributed by atoms with Gasteiger partial charge in [0, 0.05) is 44.9 Å². The smallest absolute Gasteiger partial charge is 0.277 e. The van der Waals surface area contributed by atoms with Gasteiger partial charge in [-0.1, -0.05) is 0 Å². The number of carbonyl (C=O) groups is 1. The third kappa shape index (κ3) is 4.56. The zero-order valence-electron chi connectivity index (χ0n) is 20.1. The lowest BCUT2D eigenvalue weighted by Gasteiger charge is -2.40. The van der Waals surface area contributed by atoms with Crippen LogP contribution in [0.4, 0.5) is 28.6 Å². The van der Waals surface area contributed by atoms with Crippen molar-refractivity contribution in [2.45, 2.75) is 18.9 Å². The molecule has 2 aliphatic rings. The molecule has 3 N–H and O–H groups in total. The number of pyridine rings is 1. The Bertz CT molecular complexity index is 1330. The fraction of sp³-hybridized carbons (Fsp3) is 0.435. The van der Waals surface area contributed by atoms with Gasteiger partial charge in [0.2, 0.25) is 5.91 Å². The zero-order valence-corrected chi connectivity index (χ0v) is 20.9. The van der Waals surface area contributed by atoms with Crippen LogP contribution < -0.4 is 25.4 Å². The van der Waals surface area contributed by atoms with E-state index in [-0.39, 0.29) is 23.5 Å². The maximum atomic E-state index is 12.9. The largest absolute Gasteiger partial charge is 0.593 e. The number of aryl methyl sites for hydroxylation is 1. The molecule has 1 saturated heterocycles. The van der Waals surface area contributed by atoms with Gasteiger partial charge in [-0.25, -0.2) is 4.98 Å². The second-order valence-electron chi connectivity index (χ2n) is 9.03. The number of rotatable bonds is 8. The molecular formula is C23H29N7O4S. The van der Waals surface area contributed by atoms with Crippen molar-refractivity contribution in [3.8, 4) is 0 Å². The average Bonchev–Trinajstić information content (AvgIpc) is 3.60. The first-order valence-corrected chi connectivity index (χ1v) is 12.9. The predicted octanol–water partition coefficient (Wildman–Crippen LogP) is 1.92. The van der Waals surface area contributed by atoms with Gasteiger partial charge in [0.25, 0.3) is 5.56 Å². The number of anilines is 5. The van der Waals surface area contributed by atoms with Crippen molar-refractivity contribution >= 4 is 56.9 Å². The van der Waals surface area contributed by atoms with Gasteiger partial charge in [0.15, 0.2) is 5.65 Å². The number of methoxy groups -OCH3 is 1. The second-order valence-corrected chi connectivity index (χ2v) is 10.4. The summed E-state index contributed by atoms with van der Waals surface area (Å²) in [6.45, 7) is 1.58. The van der Waals surface area contributed by atoms with Crippen LogP contribution in [0.1, 0.15) is 12.8 Å². The van der Waals surface area contributed by atoms with Crippen molar-refractivity contribution in [1.29, 1.82) is 0 Å². The number of nitrogens with zero attached hydrogens (tertiary/aromatic N) is 4. The first kappa shape index (κ1) is 23.5. The number of fused-ring (bicyclic) bond motifs is 1. The maximum Gasteiger partial charge on any atom is 0.277 e. The molecule has 1 atom stereocenters. The van der Waals surface area contributed by atoms with Crippen molar-refractivity contribution in [1.82, 2.24) is 14.8 Å². The highest BCUT2D eigenvalue weighted by Gasteiger charge is 2.30.